The molecule has 1 aromatic rings. The zero-order valence-electron chi connectivity index (χ0n) is 13.8. The van der Waals surface area contributed by atoms with Crippen LogP contribution in [0.25, 0.3) is 0 Å². The summed E-state index contributed by atoms with van der Waals surface area (Å²) in [5.41, 5.74) is 1.25. The summed E-state index contributed by atoms with van der Waals surface area (Å²) in [5.74, 6) is 1.61. The SMILES string of the molecule is CCOCCCNCC(C)Oc1ccc(CC)cc1OC. The molecule has 120 valence electrons. The molecule has 4 heteroatoms. The maximum Gasteiger partial charge on any atom is 0.161 e. The van der Waals surface area contributed by atoms with Crippen molar-refractivity contribution in [3.8, 4) is 11.5 Å². The van der Waals surface area contributed by atoms with Crippen LogP contribution in [0, 0.1) is 0 Å². The highest BCUT2D eigenvalue weighted by Gasteiger charge is 2.09. The minimum Gasteiger partial charge on any atom is -0.493 e. The molecule has 0 spiro atoms. The number of benzene rings is 1. The van der Waals surface area contributed by atoms with Crippen molar-refractivity contribution in [1.29, 1.82) is 0 Å². The lowest BCUT2D eigenvalue weighted by Gasteiger charge is -2.18. The Kier molecular flexibility index (Phi) is 8.87. The summed E-state index contributed by atoms with van der Waals surface area (Å²) in [7, 11) is 1.68. The van der Waals surface area contributed by atoms with E-state index < -0.39 is 0 Å². The highest BCUT2D eigenvalue weighted by atomic mass is 16.5. The third-order valence-corrected chi connectivity index (χ3v) is 3.24. The molecule has 0 amide bonds. The largest absolute Gasteiger partial charge is 0.493 e. The van der Waals surface area contributed by atoms with Gasteiger partial charge in [-0.05, 0) is 50.9 Å². The molecular formula is C17H29NO3. The molecule has 1 rings (SSSR count). The molecule has 0 saturated heterocycles. The van der Waals surface area contributed by atoms with Crippen LogP contribution in [-0.4, -0.2) is 39.5 Å². The molecule has 0 radical (unpaired) electrons. The molecule has 4 nitrogen and oxygen atoms in total. The number of aryl methyl sites for hydroxylation is 1. The van der Waals surface area contributed by atoms with Gasteiger partial charge in [0.05, 0.1) is 7.11 Å². The maximum absolute atomic E-state index is 5.94. The zero-order valence-corrected chi connectivity index (χ0v) is 13.8. The average molecular weight is 295 g/mol. The lowest BCUT2D eigenvalue weighted by molar-refractivity contribution is 0.143. The van der Waals surface area contributed by atoms with Gasteiger partial charge in [-0.15, -0.1) is 0 Å². The molecule has 0 aliphatic heterocycles. The molecular weight excluding hydrogens is 266 g/mol. The van der Waals surface area contributed by atoms with Crippen LogP contribution in [0.5, 0.6) is 11.5 Å². The van der Waals surface area contributed by atoms with Gasteiger partial charge in [-0.3, -0.25) is 0 Å². The second-order valence-corrected chi connectivity index (χ2v) is 5.02. The van der Waals surface area contributed by atoms with Crippen LogP contribution in [0.2, 0.25) is 0 Å². The second-order valence-electron chi connectivity index (χ2n) is 5.02. The van der Waals surface area contributed by atoms with Gasteiger partial charge in [0.2, 0.25) is 0 Å². The van der Waals surface area contributed by atoms with Crippen molar-refractivity contribution >= 4 is 0 Å². The Morgan fingerprint density at radius 1 is 1.19 bits per heavy atom. The molecule has 0 aromatic heterocycles. The van der Waals surface area contributed by atoms with E-state index in [9.17, 15) is 0 Å². The first-order chi connectivity index (χ1) is 10.2. The van der Waals surface area contributed by atoms with E-state index in [1.54, 1.807) is 7.11 Å². The molecule has 0 aliphatic carbocycles. The van der Waals surface area contributed by atoms with E-state index >= 15 is 0 Å². The van der Waals surface area contributed by atoms with Crippen LogP contribution < -0.4 is 14.8 Å². The van der Waals surface area contributed by atoms with Crippen molar-refractivity contribution in [1.82, 2.24) is 5.32 Å². The molecule has 0 aliphatic rings. The fourth-order valence-corrected chi connectivity index (χ4v) is 2.04. The van der Waals surface area contributed by atoms with Crippen molar-refractivity contribution in [2.75, 3.05) is 33.4 Å². The fourth-order valence-electron chi connectivity index (χ4n) is 2.04. The smallest absolute Gasteiger partial charge is 0.161 e. The standard InChI is InChI=1S/C17H29NO3/c1-5-15-8-9-16(17(12-15)19-4)21-14(3)13-18-10-7-11-20-6-2/h8-9,12,14,18H,5-7,10-11,13H2,1-4H3. The minimum atomic E-state index is 0.0958. The zero-order chi connectivity index (χ0) is 15.5. The molecule has 0 fully saturated rings. The van der Waals surface area contributed by atoms with Crippen molar-refractivity contribution in [3.63, 3.8) is 0 Å². The molecule has 21 heavy (non-hydrogen) atoms. The van der Waals surface area contributed by atoms with Crippen LogP contribution in [0.4, 0.5) is 0 Å². The first kappa shape index (κ1) is 17.8. The Balaban J connectivity index is 2.35. The van der Waals surface area contributed by atoms with Crippen LogP contribution in [0.15, 0.2) is 18.2 Å². The van der Waals surface area contributed by atoms with Crippen molar-refractivity contribution in [2.24, 2.45) is 0 Å². The monoisotopic (exact) mass is 295 g/mol. The summed E-state index contributed by atoms with van der Waals surface area (Å²) in [6.45, 7) is 9.55. The fraction of sp³-hybridized carbons (Fsp3) is 0.647. The molecule has 1 unspecified atom stereocenters. The topological polar surface area (TPSA) is 39.7 Å². The van der Waals surface area contributed by atoms with Crippen molar-refractivity contribution < 1.29 is 14.2 Å². The highest BCUT2D eigenvalue weighted by molar-refractivity contribution is 5.43. The molecule has 0 saturated carbocycles. The lowest BCUT2D eigenvalue weighted by Crippen LogP contribution is -2.30. The van der Waals surface area contributed by atoms with E-state index in [-0.39, 0.29) is 6.10 Å². The number of nitrogens with one attached hydrogen (secondary N) is 1. The van der Waals surface area contributed by atoms with E-state index in [1.165, 1.54) is 5.56 Å². The first-order valence-corrected chi connectivity index (χ1v) is 7.83. The van der Waals surface area contributed by atoms with Gasteiger partial charge in [0.25, 0.3) is 0 Å². The van der Waals surface area contributed by atoms with E-state index in [0.29, 0.717) is 0 Å². The number of rotatable bonds is 11. The van der Waals surface area contributed by atoms with Gasteiger partial charge in [0.15, 0.2) is 11.5 Å². The third kappa shape index (κ3) is 6.82. The third-order valence-electron chi connectivity index (χ3n) is 3.24. The van der Waals surface area contributed by atoms with Gasteiger partial charge in [0, 0.05) is 19.8 Å². The normalized spacial score (nSPS) is 12.2. The van der Waals surface area contributed by atoms with Gasteiger partial charge < -0.3 is 19.5 Å². The molecule has 0 bridgehead atoms. The molecule has 1 atom stereocenters. The van der Waals surface area contributed by atoms with Crippen molar-refractivity contribution in [3.05, 3.63) is 23.8 Å². The van der Waals surface area contributed by atoms with Gasteiger partial charge >= 0.3 is 0 Å². The van der Waals surface area contributed by atoms with Crippen LogP contribution in [0.3, 0.4) is 0 Å². The Morgan fingerprint density at radius 3 is 2.67 bits per heavy atom. The van der Waals surface area contributed by atoms with Gasteiger partial charge in [-0.1, -0.05) is 13.0 Å². The summed E-state index contributed by atoms with van der Waals surface area (Å²) in [6.07, 6.45) is 2.11. The quantitative estimate of drug-likeness (QED) is 0.637. The lowest BCUT2D eigenvalue weighted by atomic mass is 10.1. The number of methoxy groups -OCH3 is 1. The maximum atomic E-state index is 5.94. The Morgan fingerprint density at radius 2 is 2.00 bits per heavy atom. The van der Waals surface area contributed by atoms with Crippen LogP contribution in [0.1, 0.15) is 32.8 Å². The Hall–Kier alpha value is -1.26. The minimum absolute atomic E-state index is 0.0958. The molecule has 1 aromatic carbocycles. The summed E-state index contributed by atoms with van der Waals surface area (Å²) < 4.78 is 16.6. The Bertz CT molecular complexity index is 396. The second kappa shape index (κ2) is 10.5. The number of ether oxygens (including phenoxy) is 3. The summed E-state index contributed by atoms with van der Waals surface area (Å²) in [4.78, 5) is 0. The number of hydrogen-bond acceptors (Lipinski definition) is 4. The summed E-state index contributed by atoms with van der Waals surface area (Å²) in [5, 5.41) is 3.38. The molecule has 0 heterocycles. The van der Waals surface area contributed by atoms with Crippen molar-refractivity contribution in [2.45, 2.75) is 39.7 Å². The van der Waals surface area contributed by atoms with E-state index in [2.05, 4.69) is 25.2 Å². The van der Waals surface area contributed by atoms with E-state index in [1.807, 2.05) is 19.1 Å². The predicted molar refractivity (Wildman–Crippen MR) is 86.4 cm³/mol. The first-order valence-electron chi connectivity index (χ1n) is 7.83. The van der Waals surface area contributed by atoms with E-state index in [4.69, 9.17) is 14.2 Å². The highest BCUT2D eigenvalue weighted by Crippen LogP contribution is 2.29. The van der Waals surface area contributed by atoms with Crippen LogP contribution in [-0.2, 0) is 11.2 Å². The van der Waals surface area contributed by atoms with Gasteiger partial charge in [-0.2, -0.15) is 0 Å². The predicted octanol–water partition coefficient (Wildman–Crippen LogP) is 3.04. The molecule has 1 N–H and O–H groups in total. The van der Waals surface area contributed by atoms with E-state index in [0.717, 1.165) is 50.6 Å². The number of hydrogen-bond donors (Lipinski definition) is 1. The summed E-state index contributed by atoms with van der Waals surface area (Å²) in [6, 6.07) is 6.11. The van der Waals surface area contributed by atoms with Gasteiger partial charge in [0.1, 0.15) is 6.10 Å². The summed E-state index contributed by atoms with van der Waals surface area (Å²) >= 11 is 0. The average Bonchev–Trinajstić information content (AvgIpc) is 2.51. The Labute approximate surface area is 128 Å². The van der Waals surface area contributed by atoms with Crippen LogP contribution >= 0.6 is 0 Å². The van der Waals surface area contributed by atoms with Gasteiger partial charge in [-0.25, -0.2) is 0 Å².